The molecule has 0 aromatic carbocycles. The van der Waals surface area contributed by atoms with Gasteiger partial charge in [-0.3, -0.25) is 0 Å². The van der Waals surface area contributed by atoms with Crippen LogP contribution in [0.1, 0.15) is 52.4 Å². The highest BCUT2D eigenvalue weighted by atomic mass is 35.5. The van der Waals surface area contributed by atoms with E-state index in [1.54, 1.807) is 5.57 Å². The number of hydrogen-bond acceptors (Lipinski definition) is 0. The molecule has 0 aromatic heterocycles. The lowest BCUT2D eigenvalue weighted by atomic mass is 9.71. The molecule has 15 heavy (non-hydrogen) atoms. The van der Waals surface area contributed by atoms with Gasteiger partial charge in [0.2, 0.25) is 0 Å². The van der Waals surface area contributed by atoms with E-state index in [0.29, 0.717) is 5.38 Å². The van der Waals surface area contributed by atoms with Crippen molar-refractivity contribution in [3.8, 4) is 0 Å². The van der Waals surface area contributed by atoms with E-state index in [4.69, 9.17) is 11.6 Å². The van der Waals surface area contributed by atoms with E-state index >= 15 is 0 Å². The summed E-state index contributed by atoms with van der Waals surface area (Å²) in [6.07, 6.45) is 10.4. The standard InChI is InChI=1S/C14H23Cl/c1-10-6-7-13(8-11(10)2)12-4-3-5-14(15)9-12/h9-11,13-14H,3-8H2,1-2H3. The van der Waals surface area contributed by atoms with Crippen LogP contribution in [0.15, 0.2) is 11.6 Å². The van der Waals surface area contributed by atoms with Gasteiger partial charge in [-0.05, 0) is 56.3 Å². The maximum atomic E-state index is 6.22. The van der Waals surface area contributed by atoms with Gasteiger partial charge in [0.1, 0.15) is 0 Å². The van der Waals surface area contributed by atoms with Gasteiger partial charge >= 0.3 is 0 Å². The van der Waals surface area contributed by atoms with Crippen LogP contribution in [0.5, 0.6) is 0 Å². The lowest BCUT2D eigenvalue weighted by Gasteiger charge is -2.35. The molecule has 2 aliphatic carbocycles. The van der Waals surface area contributed by atoms with E-state index in [2.05, 4.69) is 19.9 Å². The summed E-state index contributed by atoms with van der Waals surface area (Å²) in [5.41, 5.74) is 1.68. The molecule has 1 heteroatoms. The van der Waals surface area contributed by atoms with E-state index in [-0.39, 0.29) is 0 Å². The second-order valence-corrected chi connectivity index (χ2v) is 6.17. The molecule has 0 bridgehead atoms. The highest BCUT2D eigenvalue weighted by Crippen LogP contribution is 2.40. The first-order valence-corrected chi connectivity index (χ1v) is 6.95. The van der Waals surface area contributed by atoms with Crippen molar-refractivity contribution in [2.45, 2.75) is 57.7 Å². The predicted octanol–water partition coefficient (Wildman–Crippen LogP) is 4.78. The minimum atomic E-state index is 0.323. The first-order valence-electron chi connectivity index (χ1n) is 6.51. The van der Waals surface area contributed by atoms with Gasteiger partial charge in [0, 0.05) is 0 Å². The molecular formula is C14H23Cl. The molecule has 4 atom stereocenters. The van der Waals surface area contributed by atoms with Gasteiger partial charge in [0.15, 0.2) is 0 Å². The molecular weight excluding hydrogens is 204 g/mol. The van der Waals surface area contributed by atoms with Gasteiger partial charge in [-0.2, -0.15) is 0 Å². The van der Waals surface area contributed by atoms with Gasteiger partial charge < -0.3 is 0 Å². The Morgan fingerprint density at radius 1 is 1.13 bits per heavy atom. The predicted molar refractivity (Wildman–Crippen MR) is 67.2 cm³/mol. The molecule has 0 spiro atoms. The fourth-order valence-corrected chi connectivity index (χ4v) is 3.44. The van der Waals surface area contributed by atoms with Crippen molar-refractivity contribution < 1.29 is 0 Å². The highest BCUT2D eigenvalue weighted by Gasteiger charge is 2.27. The summed E-state index contributed by atoms with van der Waals surface area (Å²) in [6, 6.07) is 0. The Kier molecular flexibility index (Phi) is 3.77. The van der Waals surface area contributed by atoms with Gasteiger partial charge in [0.05, 0.1) is 5.38 Å². The Labute approximate surface area is 99.1 Å². The largest absolute Gasteiger partial charge is 0.118 e. The second-order valence-electron chi connectivity index (χ2n) is 5.61. The third kappa shape index (κ3) is 2.78. The zero-order valence-corrected chi connectivity index (χ0v) is 10.8. The Morgan fingerprint density at radius 3 is 2.60 bits per heavy atom. The molecule has 4 unspecified atom stereocenters. The molecule has 2 rings (SSSR count). The summed E-state index contributed by atoms with van der Waals surface area (Å²) in [6.45, 7) is 4.82. The van der Waals surface area contributed by atoms with Crippen molar-refractivity contribution in [2.75, 3.05) is 0 Å². The molecule has 1 fully saturated rings. The summed E-state index contributed by atoms with van der Waals surface area (Å²) < 4.78 is 0. The lowest BCUT2D eigenvalue weighted by Crippen LogP contribution is -2.23. The summed E-state index contributed by atoms with van der Waals surface area (Å²) in [4.78, 5) is 0. The van der Waals surface area contributed by atoms with Crippen LogP contribution in [0.4, 0.5) is 0 Å². The van der Waals surface area contributed by atoms with E-state index in [1.807, 2.05) is 0 Å². The molecule has 0 N–H and O–H groups in total. The third-order valence-electron chi connectivity index (χ3n) is 4.46. The Hall–Kier alpha value is 0.0300. The van der Waals surface area contributed by atoms with Crippen LogP contribution in [0.3, 0.4) is 0 Å². The van der Waals surface area contributed by atoms with Crippen molar-refractivity contribution in [3.05, 3.63) is 11.6 Å². The molecule has 0 heterocycles. The van der Waals surface area contributed by atoms with Crippen molar-refractivity contribution in [1.82, 2.24) is 0 Å². The van der Waals surface area contributed by atoms with Crippen LogP contribution >= 0.6 is 11.6 Å². The average Bonchev–Trinajstić information content (AvgIpc) is 2.22. The smallest absolute Gasteiger partial charge is 0.0518 e. The van der Waals surface area contributed by atoms with Gasteiger partial charge in [-0.25, -0.2) is 0 Å². The fourth-order valence-electron chi connectivity index (χ4n) is 3.12. The summed E-state index contributed by atoms with van der Waals surface area (Å²) in [5.74, 6) is 2.69. The number of halogens is 1. The Balaban J connectivity index is 1.99. The normalized spacial score (nSPS) is 42.5. The molecule has 0 radical (unpaired) electrons. The first kappa shape index (κ1) is 11.5. The van der Waals surface area contributed by atoms with Crippen molar-refractivity contribution in [1.29, 1.82) is 0 Å². The van der Waals surface area contributed by atoms with E-state index < -0.39 is 0 Å². The van der Waals surface area contributed by atoms with E-state index in [0.717, 1.165) is 17.8 Å². The van der Waals surface area contributed by atoms with Crippen LogP contribution < -0.4 is 0 Å². The zero-order valence-electron chi connectivity index (χ0n) is 10.0. The van der Waals surface area contributed by atoms with Crippen LogP contribution in [0.2, 0.25) is 0 Å². The topological polar surface area (TPSA) is 0 Å². The zero-order chi connectivity index (χ0) is 10.8. The number of hydrogen-bond donors (Lipinski definition) is 0. The maximum absolute atomic E-state index is 6.22. The number of alkyl halides is 1. The molecule has 0 saturated heterocycles. The first-order chi connectivity index (χ1) is 7.16. The fraction of sp³-hybridized carbons (Fsp3) is 0.857. The SMILES string of the molecule is CC1CCC(C2=CC(Cl)CCC2)CC1C. The lowest BCUT2D eigenvalue weighted by molar-refractivity contribution is 0.225. The maximum Gasteiger partial charge on any atom is 0.0518 e. The van der Waals surface area contributed by atoms with Crippen LogP contribution in [-0.2, 0) is 0 Å². The highest BCUT2D eigenvalue weighted by molar-refractivity contribution is 6.21. The minimum absolute atomic E-state index is 0.323. The average molecular weight is 227 g/mol. The van der Waals surface area contributed by atoms with Crippen molar-refractivity contribution in [2.24, 2.45) is 17.8 Å². The molecule has 2 aliphatic rings. The summed E-state index contributed by atoms with van der Waals surface area (Å²) >= 11 is 6.22. The van der Waals surface area contributed by atoms with Gasteiger partial charge in [0.25, 0.3) is 0 Å². The number of allylic oxidation sites excluding steroid dienone is 2. The van der Waals surface area contributed by atoms with Crippen LogP contribution in [0, 0.1) is 17.8 Å². The monoisotopic (exact) mass is 226 g/mol. The molecule has 1 saturated carbocycles. The molecule has 86 valence electrons. The molecule has 0 nitrogen and oxygen atoms in total. The van der Waals surface area contributed by atoms with Gasteiger partial charge in [-0.1, -0.05) is 25.5 Å². The number of rotatable bonds is 1. The molecule has 0 aromatic rings. The molecule has 0 amide bonds. The second kappa shape index (κ2) is 4.91. The van der Waals surface area contributed by atoms with E-state index in [1.165, 1.54) is 38.5 Å². The minimum Gasteiger partial charge on any atom is -0.118 e. The summed E-state index contributed by atoms with van der Waals surface area (Å²) in [5, 5.41) is 0.323. The van der Waals surface area contributed by atoms with Crippen LogP contribution in [-0.4, -0.2) is 5.38 Å². The van der Waals surface area contributed by atoms with Crippen molar-refractivity contribution >= 4 is 11.6 Å². The quantitative estimate of drug-likeness (QED) is 0.446. The third-order valence-corrected chi connectivity index (χ3v) is 4.81. The summed E-state index contributed by atoms with van der Waals surface area (Å²) in [7, 11) is 0. The van der Waals surface area contributed by atoms with Crippen LogP contribution in [0.25, 0.3) is 0 Å². The Morgan fingerprint density at radius 2 is 1.93 bits per heavy atom. The van der Waals surface area contributed by atoms with Crippen molar-refractivity contribution in [3.63, 3.8) is 0 Å². The van der Waals surface area contributed by atoms with Gasteiger partial charge in [-0.15, -0.1) is 11.6 Å². The molecule has 0 aliphatic heterocycles. The van der Waals surface area contributed by atoms with E-state index in [9.17, 15) is 0 Å². The Bertz CT molecular complexity index is 244.